The number of rotatable bonds is 5. The van der Waals surface area contributed by atoms with Crippen molar-refractivity contribution in [2.24, 2.45) is 5.92 Å². The number of para-hydroxylation sites is 2. The first-order chi connectivity index (χ1) is 11.5. The van der Waals surface area contributed by atoms with Crippen molar-refractivity contribution in [3.63, 3.8) is 0 Å². The average Bonchev–Trinajstić information content (AvgIpc) is 2.55. The third-order valence-electron chi connectivity index (χ3n) is 3.06. The Morgan fingerprint density at radius 2 is 1.96 bits per heavy atom. The molecule has 0 radical (unpaired) electrons. The van der Waals surface area contributed by atoms with Gasteiger partial charge in [0.1, 0.15) is 11.5 Å². The second-order valence-corrected chi connectivity index (χ2v) is 6.07. The molecule has 126 valence electrons. The number of thiocarbonyl (C=S) groups is 1. The largest absolute Gasteiger partial charge is 0.506 e. The maximum atomic E-state index is 12.3. The number of amides is 1. The summed E-state index contributed by atoms with van der Waals surface area (Å²) in [4.78, 5) is 12.3. The van der Waals surface area contributed by atoms with Crippen molar-refractivity contribution in [3.05, 3.63) is 54.1 Å². The van der Waals surface area contributed by atoms with Gasteiger partial charge in [-0.1, -0.05) is 32.0 Å². The Labute approximate surface area is 146 Å². The zero-order valence-corrected chi connectivity index (χ0v) is 14.4. The van der Waals surface area contributed by atoms with Gasteiger partial charge in [-0.05, 0) is 48.5 Å². The molecule has 0 aliphatic carbocycles. The summed E-state index contributed by atoms with van der Waals surface area (Å²) in [7, 11) is 0. The van der Waals surface area contributed by atoms with Crippen LogP contribution in [0.4, 0.5) is 5.69 Å². The lowest BCUT2D eigenvalue weighted by Gasteiger charge is -2.12. The van der Waals surface area contributed by atoms with Crippen molar-refractivity contribution in [2.75, 3.05) is 11.9 Å². The topological polar surface area (TPSA) is 70.6 Å². The van der Waals surface area contributed by atoms with Gasteiger partial charge in [0.25, 0.3) is 5.91 Å². The Kier molecular flexibility index (Phi) is 6.14. The number of hydrogen-bond acceptors (Lipinski definition) is 4. The molecule has 24 heavy (non-hydrogen) atoms. The third-order valence-corrected chi connectivity index (χ3v) is 3.26. The quantitative estimate of drug-likeness (QED) is 0.571. The number of phenolic OH excluding ortho intramolecular Hbond substituents is 1. The molecule has 0 atom stereocenters. The zero-order valence-electron chi connectivity index (χ0n) is 13.6. The average molecular weight is 344 g/mol. The van der Waals surface area contributed by atoms with Gasteiger partial charge < -0.3 is 15.2 Å². The van der Waals surface area contributed by atoms with Crippen molar-refractivity contribution in [3.8, 4) is 11.5 Å². The van der Waals surface area contributed by atoms with Crippen LogP contribution >= 0.6 is 12.2 Å². The van der Waals surface area contributed by atoms with Crippen molar-refractivity contribution in [1.82, 2.24) is 5.32 Å². The Morgan fingerprint density at radius 3 is 2.67 bits per heavy atom. The minimum Gasteiger partial charge on any atom is -0.506 e. The maximum Gasteiger partial charge on any atom is 0.257 e. The van der Waals surface area contributed by atoms with E-state index in [2.05, 4.69) is 24.5 Å². The van der Waals surface area contributed by atoms with Crippen LogP contribution in [0.3, 0.4) is 0 Å². The monoisotopic (exact) mass is 344 g/mol. The molecule has 0 aliphatic rings. The first-order valence-electron chi connectivity index (χ1n) is 7.59. The highest BCUT2D eigenvalue weighted by Crippen LogP contribution is 2.21. The highest BCUT2D eigenvalue weighted by Gasteiger charge is 2.10. The molecular formula is C18H20N2O3S. The van der Waals surface area contributed by atoms with E-state index in [1.807, 2.05) is 0 Å². The molecule has 5 nitrogen and oxygen atoms in total. The Hall–Kier alpha value is -2.60. The first-order valence-corrected chi connectivity index (χ1v) is 7.99. The van der Waals surface area contributed by atoms with Crippen LogP contribution in [0.5, 0.6) is 11.5 Å². The molecule has 2 aromatic rings. The second kappa shape index (κ2) is 8.31. The number of ether oxygens (including phenoxy) is 1. The molecule has 2 aromatic carbocycles. The fourth-order valence-corrected chi connectivity index (χ4v) is 2.10. The molecule has 3 N–H and O–H groups in total. The number of nitrogens with one attached hydrogen (secondary N) is 2. The molecule has 0 spiro atoms. The maximum absolute atomic E-state index is 12.3. The molecule has 1 amide bonds. The van der Waals surface area contributed by atoms with Gasteiger partial charge in [0.05, 0.1) is 12.3 Å². The first kappa shape index (κ1) is 17.7. The van der Waals surface area contributed by atoms with E-state index in [0.29, 0.717) is 29.5 Å². The molecule has 2 rings (SSSR count). The number of benzene rings is 2. The molecular weight excluding hydrogens is 324 g/mol. The Morgan fingerprint density at radius 1 is 1.21 bits per heavy atom. The highest BCUT2D eigenvalue weighted by atomic mass is 32.1. The standard InChI is InChI=1S/C18H20N2O3S/c1-12(2)11-23-14-7-5-6-13(10-14)17(22)20-18(24)19-15-8-3-4-9-16(15)21/h3-10,12,21H,11H2,1-2H3,(H2,19,20,22,24). The van der Waals surface area contributed by atoms with Crippen LogP contribution in [0.25, 0.3) is 0 Å². The fourth-order valence-electron chi connectivity index (χ4n) is 1.90. The summed E-state index contributed by atoms with van der Waals surface area (Å²) in [6.45, 7) is 4.69. The number of anilines is 1. The van der Waals surface area contributed by atoms with Gasteiger partial charge >= 0.3 is 0 Å². The molecule has 0 aliphatic heterocycles. The summed E-state index contributed by atoms with van der Waals surface area (Å²) in [6, 6.07) is 13.5. The van der Waals surface area contributed by atoms with E-state index < -0.39 is 0 Å². The van der Waals surface area contributed by atoms with Gasteiger partial charge in [-0.25, -0.2) is 0 Å². The molecule has 0 unspecified atom stereocenters. The SMILES string of the molecule is CC(C)COc1cccc(C(=O)NC(=S)Nc2ccccc2O)c1. The summed E-state index contributed by atoms with van der Waals surface area (Å²) in [5, 5.41) is 15.2. The van der Waals surface area contributed by atoms with E-state index in [-0.39, 0.29) is 16.8 Å². The Balaban J connectivity index is 1.98. The molecule has 0 fully saturated rings. The molecule has 0 heterocycles. The fraction of sp³-hybridized carbons (Fsp3) is 0.222. The summed E-state index contributed by atoms with van der Waals surface area (Å²) in [6.07, 6.45) is 0. The minimum absolute atomic E-state index is 0.0539. The normalized spacial score (nSPS) is 10.3. The van der Waals surface area contributed by atoms with Crippen molar-refractivity contribution in [2.45, 2.75) is 13.8 Å². The van der Waals surface area contributed by atoms with Crippen LogP contribution in [0.1, 0.15) is 24.2 Å². The minimum atomic E-state index is -0.349. The predicted molar refractivity (Wildman–Crippen MR) is 98.6 cm³/mol. The number of aromatic hydroxyl groups is 1. The number of phenols is 1. The summed E-state index contributed by atoms with van der Waals surface area (Å²) >= 11 is 5.10. The van der Waals surface area contributed by atoms with Crippen LogP contribution in [-0.4, -0.2) is 22.7 Å². The van der Waals surface area contributed by atoms with Crippen molar-refractivity contribution < 1.29 is 14.6 Å². The van der Waals surface area contributed by atoms with Crippen LogP contribution < -0.4 is 15.4 Å². The van der Waals surface area contributed by atoms with Gasteiger partial charge in [-0.2, -0.15) is 0 Å². The van der Waals surface area contributed by atoms with Crippen LogP contribution in [0.2, 0.25) is 0 Å². The van der Waals surface area contributed by atoms with Crippen LogP contribution in [0, 0.1) is 5.92 Å². The van der Waals surface area contributed by atoms with E-state index in [1.54, 1.807) is 42.5 Å². The number of hydrogen-bond donors (Lipinski definition) is 3. The molecule has 6 heteroatoms. The molecule has 0 saturated heterocycles. The lowest BCUT2D eigenvalue weighted by atomic mass is 10.2. The smallest absolute Gasteiger partial charge is 0.257 e. The molecule has 0 saturated carbocycles. The lowest BCUT2D eigenvalue weighted by molar-refractivity contribution is 0.0977. The third kappa shape index (κ3) is 5.24. The van der Waals surface area contributed by atoms with E-state index in [9.17, 15) is 9.90 Å². The van der Waals surface area contributed by atoms with Crippen LogP contribution in [0.15, 0.2) is 48.5 Å². The summed E-state index contributed by atoms with van der Waals surface area (Å²) in [5.41, 5.74) is 0.870. The van der Waals surface area contributed by atoms with Gasteiger partial charge in [0.2, 0.25) is 0 Å². The second-order valence-electron chi connectivity index (χ2n) is 5.66. The van der Waals surface area contributed by atoms with E-state index in [4.69, 9.17) is 17.0 Å². The van der Waals surface area contributed by atoms with Gasteiger partial charge in [-0.15, -0.1) is 0 Å². The van der Waals surface area contributed by atoms with E-state index in [1.165, 1.54) is 6.07 Å². The van der Waals surface area contributed by atoms with Crippen molar-refractivity contribution >= 4 is 28.9 Å². The lowest BCUT2D eigenvalue weighted by Crippen LogP contribution is -2.34. The Bertz CT molecular complexity index is 732. The summed E-state index contributed by atoms with van der Waals surface area (Å²) < 4.78 is 5.61. The molecule has 0 bridgehead atoms. The zero-order chi connectivity index (χ0) is 17.5. The van der Waals surface area contributed by atoms with Gasteiger partial charge in [0.15, 0.2) is 5.11 Å². The highest BCUT2D eigenvalue weighted by molar-refractivity contribution is 7.80. The number of carbonyl (C=O) groups is 1. The van der Waals surface area contributed by atoms with Crippen LogP contribution in [-0.2, 0) is 0 Å². The molecule has 0 aromatic heterocycles. The summed E-state index contributed by atoms with van der Waals surface area (Å²) in [5.74, 6) is 0.741. The van der Waals surface area contributed by atoms with E-state index >= 15 is 0 Å². The number of carbonyl (C=O) groups excluding carboxylic acids is 1. The predicted octanol–water partition coefficient (Wildman–Crippen LogP) is 3.55. The van der Waals surface area contributed by atoms with Gasteiger partial charge in [-0.3, -0.25) is 10.1 Å². The van der Waals surface area contributed by atoms with Crippen molar-refractivity contribution in [1.29, 1.82) is 0 Å². The van der Waals surface area contributed by atoms with E-state index in [0.717, 1.165) is 0 Å². The van der Waals surface area contributed by atoms with Gasteiger partial charge in [0, 0.05) is 5.56 Å².